The van der Waals surface area contributed by atoms with Crippen LogP contribution in [-0.2, 0) is 6.54 Å². The molecule has 1 aliphatic heterocycles. The summed E-state index contributed by atoms with van der Waals surface area (Å²) in [6, 6.07) is 0. The molecule has 0 spiro atoms. The summed E-state index contributed by atoms with van der Waals surface area (Å²) in [5, 5.41) is 8.73. The molecule has 0 saturated carbocycles. The van der Waals surface area contributed by atoms with Crippen molar-refractivity contribution in [2.75, 3.05) is 32.7 Å². The van der Waals surface area contributed by atoms with E-state index in [-0.39, 0.29) is 5.91 Å². The van der Waals surface area contributed by atoms with Gasteiger partial charge in [0.2, 0.25) is 0 Å². The highest BCUT2D eigenvalue weighted by Crippen LogP contribution is 2.16. The first-order chi connectivity index (χ1) is 11.5. The van der Waals surface area contributed by atoms with Crippen molar-refractivity contribution < 1.29 is 9.32 Å². The van der Waals surface area contributed by atoms with E-state index in [9.17, 15) is 4.79 Å². The SMILES string of the molecule is Cc1noc(C)c1C(=O)N1CCCN(CCn2cc(Cl)cn2)CC1. The molecule has 3 rings (SSSR count). The topological polar surface area (TPSA) is 67.4 Å². The van der Waals surface area contributed by atoms with Crippen LogP contribution < -0.4 is 0 Å². The highest BCUT2D eigenvalue weighted by atomic mass is 35.5. The van der Waals surface area contributed by atoms with Crippen molar-refractivity contribution in [3.8, 4) is 0 Å². The van der Waals surface area contributed by atoms with Gasteiger partial charge in [0.1, 0.15) is 11.3 Å². The van der Waals surface area contributed by atoms with E-state index in [4.69, 9.17) is 16.1 Å². The van der Waals surface area contributed by atoms with E-state index in [0.29, 0.717) is 28.6 Å². The number of aryl methyl sites for hydroxylation is 2. The van der Waals surface area contributed by atoms with Crippen molar-refractivity contribution >= 4 is 17.5 Å². The average molecular weight is 352 g/mol. The number of carbonyl (C=O) groups is 1. The minimum absolute atomic E-state index is 0.0203. The highest BCUT2D eigenvalue weighted by Gasteiger charge is 2.25. The predicted molar refractivity (Wildman–Crippen MR) is 90.2 cm³/mol. The van der Waals surface area contributed by atoms with Crippen LogP contribution in [0, 0.1) is 13.8 Å². The van der Waals surface area contributed by atoms with E-state index in [1.807, 2.05) is 22.7 Å². The number of carbonyl (C=O) groups excluding carboxylic acids is 1. The molecule has 0 atom stereocenters. The van der Waals surface area contributed by atoms with E-state index < -0.39 is 0 Å². The lowest BCUT2D eigenvalue weighted by Gasteiger charge is -2.22. The molecule has 0 N–H and O–H groups in total. The molecule has 1 aliphatic rings. The molecule has 1 amide bonds. The van der Waals surface area contributed by atoms with Crippen LogP contribution >= 0.6 is 11.6 Å². The zero-order chi connectivity index (χ0) is 17.1. The Kier molecular flexibility index (Phi) is 5.20. The van der Waals surface area contributed by atoms with E-state index >= 15 is 0 Å². The van der Waals surface area contributed by atoms with Crippen LogP contribution in [-0.4, -0.2) is 63.4 Å². The summed E-state index contributed by atoms with van der Waals surface area (Å²) in [4.78, 5) is 17.0. The van der Waals surface area contributed by atoms with Crippen LogP contribution in [0.2, 0.25) is 5.02 Å². The molecule has 8 heteroatoms. The lowest BCUT2D eigenvalue weighted by molar-refractivity contribution is 0.0759. The van der Waals surface area contributed by atoms with Crippen LogP contribution in [0.5, 0.6) is 0 Å². The molecule has 0 aromatic carbocycles. The molecule has 1 saturated heterocycles. The van der Waals surface area contributed by atoms with Gasteiger partial charge in [-0.25, -0.2) is 0 Å². The fourth-order valence-corrected chi connectivity index (χ4v) is 3.20. The first-order valence-electron chi connectivity index (χ1n) is 8.17. The average Bonchev–Trinajstić information content (AvgIpc) is 3.02. The van der Waals surface area contributed by atoms with Gasteiger partial charge < -0.3 is 9.42 Å². The van der Waals surface area contributed by atoms with Gasteiger partial charge >= 0.3 is 0 Å². The molecular weight excluding hydrogens is 330 g/mol. The van der Waals surface area contributed by atoms with Crippen LogP contribution in [0.15, 0.2) is 16.9 Å². The summed E-state index contributed by atoms with van der Waals surface area (Å²) >= 11 is 5.88. The number of rotatable bonds is 4. The van der Waals surface area contributed by atoms with Crippen LogP contribution in [0.4, 0.5) is 0 Å². The quantitative estimate of drug-likeness (QED) is 0.842. The highest BCUT2D eigenvalue weighted by molar-refractivity contribution is 6.30. The zero-order valence-corrected chi connectivity index (χ0v) is 14.8. The van der Waals surface area contributed by atoms with E-state index in [1.165, 1.54) is 0 Å². The Labute approximate surface area is 146 Å². The maximum Gasteiger partial charge on any atom is 0.259 e. The van der Waals surface area contributed by atoms with Crippen molar-refractivity contribution in [3.63, 3.8) is 0 Å². The van der Waals surface area contributed by atoms with Gasteiger partial charge in [-0.3, -0.25) is 14.4 Å². The lowest BCUT2D eigenvalue weighted by atomic mass is 10.1. The Hall–Kier alpha value is -1.86. The summed E-state index contributed by atoms with van der Waals surface area (Å²) in [7, 11) is 0. The number of aromatic nitrogens is 3. The molecule has 0 bridgehead atoms. The number of halogens is 1. The largest absolute Gasteiger partial charge is 0.361 e. The standard InChI is InChI=1S/C16H22ClN5O2/c1-12-15(13(2)24-19-12)16(23)21-5-3-4-20(6-8-21)7-9-22-11-14(17)10-18-22/h10-11H,3-9H2,1-2H3. The third-order valence-corrected chi connectivity index (χ3v) is 4.57. The van der Waals surface area contributed by atoms with E-state index in [2.05, 4.69) is 15.2 Å². The van der Waals surface area contributed by atoms with Crippen LogP contribution in [0.1, 0.15) is 28.2 Å². The fourth-order valence-electron chi connectivity index (χ4n) is 3.05. The van der Waals surface area contributed by atoms with E-state index in [1.54, 1.807) is 13.1 Å². The van der Waals surface area contributed by atoms with Crippen molar-refractivity contribution in [2.24, 2.45) is 0 Å². The van der Waals surface area contributed by atoms with E-state index in [0.717, 1.165) is 39.1 Å². The second kappa shape index (κ2) is 7.36. The Morgan fingerprint density at radius 1 is 1.25 bits per heavy atom. The van der Waals surface area contributed by atoms with Crippen LogP contribution in [0.3, 0.4) is 0 Å². The Balaban J connectivity index is 1.56. The summed E-state index contributed by atoms with van der Waals surface area (Å²) in [6.07, 6.45) is 4.43. The fraction of sp³-hybridized carbons (Fsp3) is 0.562. The number of amides is 1. The number of hydrogen-bond acceptors (Lipinski definition) is 5. The molecule has 0 radical (unpaired) electrons. The smallest absolute Gasteiger partial charge is 0.259 e. The number of nitrogens with zero attached hydrogens (tertiary/aromatic N) is 5. The molecule has 3 heterocycles. The van der Waals surface area contributed by atoms with Gasteiger partial charge in [0.15, 0.2) is 0 Å². The first kappa shape index (κ1) is 17.0. The zero-order valence-electron chi connectivity index (χ0n) is 14.0. The minimum atomic E-state index is 0.0203. The summed E-state index contributed by atoms with van der Waals surface area (Å²) in [5.74, 6) is 0.612. The third kappa shape index (κ3) is 3.79. The van der Waals surface area contributed by atoms with Crippen molar-refractivity contribution in [1.82, 2.24) is 24.7 Å². The minimum Gasteiger partial charge on any atom is -0.361 e. The van der Waals surface area contributed by atoms with Gasteiger partial charge in [-0.15, -0.1) is 0 Å². The van der Waals surface area contributed by atoms with Gasteiger partial charge in [-0.1, -0.05) is 16.8 Å². The Bertz CT molecular complexity index is 692. The Morgan fingerprint density at radius 2 is 2.08 bits per heavy atom. The monoisotopic (exact) mass is 351 g/mol. The normalized spacial score (nSPS) is 16.4. The second-order valence-electron chi connectivity index (χ2n) is 6.11. The molecule has 0 aliphatic carbocycles. The van der Waals surface area contributed by atoms with Gasteiger partial charge in [-0.2, -0.15) is 5.10 Å². The summed E-state index contributed by atoms with van der Waals surface area (Å²) < 4.78 is 6.97. The summed E-state index contributed by atoms with van der Waals surface area (Å²) in [5.41, 5.74) is 1.27. The van der Waals surface area contributed by atoms with Gasteiger partial charge in [-0.05, 0) is 26.8 Å². The molecule has 24 heavy (non-hydrogen) atoms. The van der Waals surface area contributed by atoms with Crippen molar-refractivity contribution in [1.29, 1.82) is 0 Å². The third-order valence-electron chi connectivity index (χ3n) is 4.37. The molecule has 0 unspecified atom stereocenters. The molecule has 7 nitrogen and oxygen atoms in total. The lowest BCUT2D eigenvalue weighted by Crippen LogP contribution is -2.36. The van der Waals surface area contributed by atoms with Crippen LogP contribution in [0.25, 0.3) is 0 Å². The molecule has 130 valence electrons. The maximum absolute atomic E-state index is 12.7. The van der Waals surface area contributed by atoms with Gasteiger partial charge in [0, 0.05) is 32.4 Å². The predicted octanol–water partition coefficient (Wildman–Crippen LogP) is 1.99. The molecule has 2 aromatic rings. The molecule has 2 aromatic heterocycles. The Morgan fingerprint density at radius 3 is 2.75 bits per heavy atom. The molecular formula is C16H22ClN5O2. The van der Waals surface area contributed by atoms with Gasteiger partial charge in [0.05, 0.1) is 23.5 Å². The second-order valence-corrected chi connectivity index (χ2v) is 6.54. The van der Waals surface area contributed by atoms with Gasteiger partial charge in [0.25, 0.3) is 5.91 Å². The van der Waals surface area contributed by atoms with Crippen molar-refractivity contribution in [2.45, 2.75) is 26.8 Å². The first-order valence-corrected chi connectivity index (χ1v) is 8.55. The number of hydrogen-bond donors (Lipinski definition) is 0. The maximum atomic E-state index is 12.7. The molecule has 1 fully saturated rings. The van der Waals surface area contributed by atoms with Crippen molar-refractivity contribution in [3.05, 3.63) is 34.4 Å². The summed E-state index contributed by atoms with van der Waals surface area (Å²) in [6.45, 7) is 8.58.